The maximum absolute atomic E-state index is 13.8. The first-order chi connectivity index (χ1) is 15.9. The lowest BCUT2D eigenvalue weighted by molar-refractivity contribution is -0.0530. The van der Waals surface area contributed by atoms with Gasteiger partial charge in [0, 0.05) is 34.9 Å². The Morgan fingerprint density at radius 1 is 0.971 bits per heavy atom. The van der Waals surface area contributed by atoms with Crippen molar-refractivity contribution in [3.8, 4) is 11.1 Å². The molecule has 1 unspecified atom stereocenters. The fraction of sp³-hybridized carbons (Fsp3) is 0.321. The van der Waals surface area contributed by atoms with Gasteiger partial charge in [-0.05, 0) is 70.9 Å². The van der Waals surface area contributed by atoms with E-state index in [1.165, 1.54) is 0 Å². The van der Waals surface area contributed by atoms with Crippen LogP contribution in [0, 0.1) is 31.3 Å². The van der Waals surface area contributed by atoms with Crippen LogP contribution in [-0.2, 0) is 11.3 Å². The molecule has 1 atom stereocenters. The number of fused-ring (bicyclic) bond motifs is 1. The second-order valence-electron chi connectivity index (χ2n) is 9.78. The molecular weight excluding hydrogens is 437 g/mol. The Labute approximate surface area is 198 Å². The molecule has 3 nitrogen and oxygen atoms in total. The number of halogens is 3. The quantitative estimate of drug-likeness (QED) is 0.282. The number of aryl methyl sites for hydroxylation is 2. The molecular formula is C28H29F3N2O. The molecule has 0 radical (unpaired) electrons. The molecule has 0 N–H and O–H groups in total. The van der Waals surface area contributed by atoms with Gasteiger partial charge in [-0.3, -0.25) is 0 Å². The van der Waals surface area contributed by atoms with Gasteiger partial charge in [0.25, 0.3) is 0 Å². The van der Waals surface area contributed by atoms with Crippen LogP contribution in [0.1, 0.15) is 56.2 Å². The van der Waals surface area contributed by atoms with E-state index in [1.54, 1.807) is 0 Å². The van der Waals surface area contributed by atoms with Crippen LogP contribution >= 0.6 is 0 Å². The van der Waals surface area contributed by atoms with Gasteiger partial charge in [0.1, 0.15) is 5.65 Å². The molecule has 0 aliphatic rings. The first-order valence-electron chi connectivity index (χ1n) is 11.3. The highest BCUT2D eigenvalue weighted by Crippen LogP contribution is 2.39. The summed E-state index contributed by atoms with van der Waals surface area (Å²) in [5, 5.41) is 0.914. The molecule has 0 spiro atoms. The van der Waals surface area contributed by atoms with Crippen LogP contribution in [0.4, 0.5) is 13.2 Å². The molecule has 0 aliphatic heterocycles. The molecule has 0 fully saturated rings. The lowest BCUT2D eigenvalue weighted by Crippen LogP contribution is -2.22. The van der Waals surface area contributed by atoms with Crippen LogP contribution in [0.2, 0.25) is 0 Å². The second-order valence-corrected chi connectivity index (χ2v) is 9.78. The zero-order valence-electron chi connectivity index (χ0n) is 20.3. The predicted molar refractivity (Wildman–Crippen MR) is 129 cm³/mol. The lowest BCUT2D eigenvalue weighted by atomic mass is 9.92. The van der Waals surface area contributed by atoms with Gasteiger partial charge in [-0.15, -0.1) is 0 Å². The summed E-state index contributed by atoms with van der Waals surface area (Å²) >= 11 is 0. The lowest BCUT2D eigenvalue weighted by Gasteiger charge is -2.28. The van der Waals surface area contributed by atoms with E-state index >= 15 is 0 Å². The van der Waals surface area contributed by atoms with Gasteiger partial charge in [-0.2, -0.15) is 0 Å². The highest BCUT2D eigenvalue weighted by Gasteiger charge is 2.25. The Balaban J connectivity index is 1.90. The zero-order valence-corrected chi connectivity index (χ0v) is 20.3. The van der Waals surface area contributed by atoms with E-state index in [2.05, 4.69) is 24.3 Å². The minimum atomic E-state index is -1.46. The molecule has 2 aromatic heterocycles. The van der Waals surface area contributed by atoms with E-state index in [0.29, 0.717) is 11.2 Å². The van der Waals surface area contributed by atoms with E-state index < -0.39 is 17.5 Å². The Bertz CT molecular complexity index is 1330. The molecule has 0 saturated heterocycles. The summed E-state index contributed by atoms with van der Waals surface area (Å²) in [6.45, 7) is 12.2. The molecule has 0 aliphatic carbocycles. The Kier molecular flexibility index (Phi) is 6.30. The second kappa shape index (κ2) is 8.91. The van der Waals surface area contributed by atoms with Crippen LogP contribution in [0.3, 0.4) is 0 Å². The van der Waals surface area contributed by atoms with Gasteiger partial charge in [-0.1, -0.05) is 29.8 Å². The van der Waals surface area contributed by atoms with Crippen molar-refractivity contribution in [1.82, 2.24) is 9.55 Å². The third kappa shape index (κ3) is 4.73. The molecule has 6 heteroatoms. The first-order valence-corrected chi connectivity index (χ1v) is 11.3. The zero-order chi connectivity index (χ0) is 24.8. The number of benzene rings is 2. The number of pyridine rings is 1. The summed E-state index contributed by atoms with van der Waals surface area (Å²) in [5.74, 6) is -3.87. The molecule has 4 aromatic rings. The normalized spacial score (nSPS) is 13.0. The molecule has 178 valence electrons. The fourth-order valence-electron chi connectivity index (χ4n) is 4.47. The third-order valence-electron chi connectivity index (χ3n) is 5.81. The van der Waals surface area contributed by atoms with Gasteiger partial charge >= 0.3 is 0 Å². The number of rotatable bonds is 5. The summed E-state index contributed by atoms with van der Waals surface area (Å²) in [6, 6.07) is 12.3. The standard InChI is InChI=1S/C28H29F3N2O/c1-16-7-9-20(10-8-16)25-21-11-12-33(15-19-13-22(29)26(31)23(30)14-19)27(21)32-17(2)24(25)18(3)34-28(4,5)6/h7-14,18H,15H2,1-6H3. The average Bonchev–Trinajstić information content (AvgIpc) is 3.12. The van der Waals surface area contributed by atoms with Crippen molar-refractivity contribution in [3.05, 3.63) is 88.5 Å². The number of nitrogens with zero attached hydrogens (tertiary/aromatic N) is 2. The molecule has 34 heavy (non-hydrogen) atoms. The van der Waals surface area contributed by atoms with E-state index in [4.69, 9.17) is 9.72 Å². The highest BCUT2D eigenvalue weighted by molar-refractivity contribution is 5.96. The average molecular weight is 467 g/mol. The Morgan fingerprint density at radius 3 is 2.18 bits per heavy atom. The highest BCUT2D eigenvalue weighted by atomic mass is 19.2. The maximum Gasteiger partial charge on any atom is 0.194 e. The van der Waals surface area contributed by atoms with Gasteiger partial charge in [0.05, 0.1) is 11.7 Å². The minimum absolute atomic E-state index is 0.158. The number of hydrogen-bond acceptors (Lipinski definition) is 2. The van der Waals surface area contributed by atoms with E-state index in [9.17, 15) is 13.2 Å². The van der Waals surface area contributed by atoms with Crippen molar-refractivity contribution in [2.75, 3.05) is 0 Å². The SMILES string of the molecule is Cc1ccc(-c2c(C(C)OC(C)(C)C)c(C)nc3c2ccn3Cc2cc(F)c(F)c(F)c2)cc1. The van der Waals surface area contributed by atoms with Gasteiger partial charge in [0.2, 0.25) is 0 Å². The van der Waals surface area contributed by atoms with E-state index in [-0.39, 0.29) is 18.2 Å². The van der Waals surface area contributed by atoms with Crippen LogP contribution in [0.15, 0.2) is 48.7 Å². The number of aromatic nitrogens is 2. The van der Waals surface area contributed by atoms with E-state index in [1.807, 2.05) is 58.4 Å². The number of hydrogen-bond donors (Lipinski definition) is 0. The summed E-state index contributed by atoms with van der Waals surface area (Å²) in [6.07, 6.45) is 1.63. The Morgan fingerprint density at radius 2 is 1.59 bits per heavy atom. The largest absolute Gasteiger partial charge is 0.368 e. The van der Waals surface area contributed by atoms with Gasteiger partial charge < -0.3 is 9.30 Å². The fourth-order valence-corrected chi connectivity index (χ4v) is 4.47. The molecule has 4 rings (SSSR count). The molecule has 0 amide bonds. The predicted octanol–water partition coefficient (Wildman–Crippen LogP) is 7.66. The van der Waals surface area contributed by atoms with Crippen molar-refractivity contribution in [2.45, 2.75) is 59.8 Å². The number of ether oxygens (including phenoxy) is 1. The van der Waals surface area contributed by atoms with Crippen LogP contribution < -0.4 is 0 Å². The van der Waals surface area contributed by atoms with Crippen molar-refractivity contribution >= 4 is 11.0 Å². The maximum atomic E-state index is 13.8. The van der Waals surface area contributed by atoms with E-state index in [0.717, 1.165) is 45.5 Å². The summed E-state index contributed by atoms with van der Waals surface area (Å²) in [4.78, 5) is 4.87. The van der Waals surface area contributed by atoms with Crippen molar-refractivity contribution < 1.29 is 17.9 Å². The summed E-state index contributed by atoms with van der Waals surface area (Å²) in [7, 11) is 0. The molecule has 2 aromatic carbocycles. The smallest absolute Gasteiger partial charge is 0.194 e. The van der Waals surface area contributed by atoms with Crippen LogP contribution in [-0.4, -0.2) is 15.2 Å². The third-order valence-corrected chi connectivity index (χ3v) is 5.81. The summed E-state index contributed by atoms with van der Waals surface area (Å²) < 4.78 is 49.1. The Hall–Kier alpha value is -3.12. The minimum Gasteiger partial charge on any atom is -0.368 e. The molecule has 0 bridgehead atoms. The van der Waals surface area contributed by atoms with Gasteiger partial charge in [0.15, 0.2) is 17.5 Å². The van der Waals surface area contributed by atoms with Crippen molar-refractivity contribution in [2.24, 2.45) is 0 Å². The monoisotopic (exact) mass is 466 g/mol. The topological polar surface area (TPSA) is 27.1 Å². The molecule has 0 saturated carbocycles. The van der Waals surface area contributed by atoms with Crippen molar-refractivity contribution in [3.63, 3.8) is 0 Å². The first kappa shape index (κ1) is 24.0. The van der Waals surface area contributed by atoms with Crippen molar-refractivity contribution in [1.29, 1.82) is 0 Å². The summed E-state index contributed by atoms with van der Waals surface area (Å²) in [5.41, 5.74) is 5.70. The van der Waals surface area contributed by atoms with Gasteiger partial charge in [-0.25, -0.2) is 18.2 Å². The van der Waals surface area contributed by atoms with Crippen LogP contribution in [0.25, 0.3) is 22.2 Å². The van der Waals surface area contributed by atoms with Crippen LogP contribution in [0.5, 0.6) is 0 Å². The molecule has 2 heterocycles.